The second-order valence-electron chi connectivity index (χ2n) is 4.45. The lowest BCUT2D eigenvalue weighted by molar-refractivity contribution is 0.710. The summed E-state index contributed by atoms with van der Waals surface area (Å²) in [5.41, 5.74) is 5.72. The number of aromatic nitrogens is 8. The summed E-state index contributed by atoms with van der Waals surface area (Å²) in [6, 6.07) is -0.130. The summed E-state index contributed by atoms with van der Waals surface area (Å²) in [7, 11) is 1.87. The van der Waals surface area contributed by atoms with Gasteiger partial charge < -0.3 is 15.6 Å². The summed E-state index contributed by atoms with van der Waals surface area (Å²) in [6.07, 6.45) is 6.58. The minimum atomic E-state index is -0.130. The van der Waals surface area contributed by atoms with Gasteiger partial charge in [-0.05, 0) is 6.92 Å². The van der Waals surface area contributed by atoms with Crippen molar-refractivity contribution >= 4 is 11.9 Å². The molecule has 0 bridgehead atoms. The normalized spacial score (nSPS) is 12.3. The van der Waals surface area contributed by atoms with Crippen LogP contribution in [-0.4, -0.2) is 39.3 Å². The average molecular weight is 286 g/mol. The molecular formula is C11H14N10. The number of nitrogens with zero attached hydrogens (tertiary/aromatic N) is 8. The van der Waals surface area contributed by atoms with E-state index in [9.17, 15) is 0 Å². The van der Waals surface area contributed by atoms with Gasteiger partial charge in [0, 0.05) is 19.4 Å². The fourth-order valence-electron chi connectivity index (χ4n) is 1.88. The highest BCUT2D eigenvalue weighted by Crippen LogP contribution is 2.15. The molecule has 0 aromatic carbocycles. The predicted octanol–water partition coefficient (Wildman–Crippen LogP) is -0.0589. The van der Waals surface area contributed by atoms with Gasteiger partial charge in [0.2, 0.25) is 17.8 Å². The van der Waals surface area contributed by atoms with Crippen LogP contribution < -0.4 is 11.1 Å². The van der Waals surface area contributed by atoms with Crippen LogP contribution in [0.4, 0.5) is 11.9 Å². The van der Waals surface area contributed by atoms with E-state index in [-0.39, 0.29) is 12.0 Å². The second-order valence-corrected chi connectivity index (χ2v) is 4.45. The molecule has 0 aliphatic heterocycles. The van der Waals surface area contributed by atoms with Crippen LogP contribution in [0.15, 0.2) is 25.0 Å². The molecule has 3 heterocycles. The first-order valence-corrected chi connectivity index (χ1v) is 6.24. The maximum Gasteiger partial charge on any atom is 0.241 e. The Bertz CT molecular complexity index is 731. The van der Waals surface area contributed by atoms with Crippen LogP contribution in [0.3, 0.4) is 0 Å². The van der Waals surface area contributed by atoms with E-state index >= 15 is 0 Å². The average Bonchev–Trinajstić information content (AvgIpc) is 3.08. The highest BCUT2D eigenvalue weighted by Gasteiger charge is 2.14. The molecule has 0 aliphatic carbocycles. The summed E-state index contributed by atoms with van der Waals surface area (Å²) in [4.78, 5) is 16.4. The van der Waals surface area contributed by atoms with Gasteiger partial charge in [-0.25, -0.2) is 4.98 Å². The molecule has 0 saturated carbocycles. The molecule has 3 rings (SSSR count). The summed E-state index contributed by atoms with van der Waals surface area (Å²) >= 11 is 0. The molecule has 108 valence electrons. The summed E-state index contributed by atoms with van der Waals surface area (Å²) in [5, 5.41) is 11.0. The Morgan fingerprint density at radius 2 is 2.10 bits per heavy atom. The Morgan fingerprint density at radius 3 is 2.76 bits per heavy atom. The third-order valence-corrected chi connectivity index (χ3v) is 2.86. The van der Waals surface area contributed by atoms with Crippen molar-refractivity contribution in [2.24, 2.45) is 7.05 Å². The first kappa shape index (κ1) is 13.0. The van der Waals surface area contributed by atoms with Crippen LogP contribution in [0.5, 0.6) is 0 Å². The van der Waals surface area contributed by atoms with Gasteiger partial charge in [0.15, 0.2) is 5.82 Å². The van der Waals surface area contributed by atoms with Gasteiger partial charge in [-0.1, -0.05) is 0 Å². The highest BCUT2D eigenvalue weighted by molar-refractivity contribution is 5.36. The number of aryl methyl sites for hydroxylation is 1. The molecule has 0 aliphatic rings. The first-order valence-electron chi connectivity index (χ1n) is 6.24. The van der Waals surface area contributed by atoms with E-state index in [1.54, 1.807) is 29.6 Å². The van der Waals surface area contributed by atoms with E-state index in [4.69, 9.17) is 5.73 Å². The molecule has 10 nitrogen and oxygen atoms in total. The number of nitrogens with two attached hydrogens (primary N) is 1. The van der Waals surface area contributed by atoms with E-state index in [1.807, 2.05) is 18.5 Å². The molecular weight excluding hydrogens is 272 g/mol. The lowest BCUT2D eigenvalue weighted by Gasteiger charge is -2.13. The van der Waals surface area contributed by atoms with Crippen LogP contribution in [-0.2, 0) is 7.05 Å². The summed E-state index contributed by atoms with van der Waals surface area (Å²) in [6.45, 7) is 1.93. The maximum absolute atomic E-state index is 5.72. The number of nitrogen functional groups attached to an aromatic ring is 1. The van der Waals surface area contributed by atoms with Gasteiger partial charge >= 0.3 is 0 Å². The third-order valence-electron chi connectivity index (χ3n) is 2.86. The minimum absolute atomic E-state index is 0.126. The molecule has 3 N–H and O–H groups in total. The van der Waals surface area contributed by atoms with Crippen LogP contribution >= 0.6 is 0 Å². The zero-order valence-electron chi connectivity index (χ0n) is 11.5. The van der Waals surface area contributed by atoms with Crippen molar-refractivity contribution in [1.29, 1.82) is 0 Å². The number of nitrogens with one attached hydrogen (secondary N) is 1. The lowest BCUT2D eigenvalue weighted by atomic mass is 10.3. The second kappa shape index (κ2) is 5.15. The fourth-order valence-corrected chi connectivity index (χ4v) is 1.88. The molecule has 1 unspecified atom stereocenters. The van der Waals surface area contributed by atoms with Crippen LogP contribution in [0.1, 0.15) is 18.8 Å². The number of hydrogen-bond acceptors (Lipinski definition) is 8. The Balaban J connectivity index is 1.87. The topological polar surface area (TPSA) is 125 Å². The van der Waals surface area contributed by atoms with Crippen LogP contribution in [0.25, 0.3) is 5.95 Å². The molecule has 21 heavy (non-hydrogen) atoms. The first-order chi connectivity index (χ1) is 10.1. The number of anilines is 2. The van der Waals surface area contributed by atoms with Crippen molar-refractivity contribution < 1.29 is 0 Å². The molecule has 0 spiro atoms. The molecule has 0 amide bonds. The Labute approximate surface area is 120 Å². The highest BCUT2D eigenvalue weighted by atomic mass is 15.3. The number of hydrogen-bond donors (Lipinski definition) is 2. The predicted molar refractivity (Wildman–Crippen MR) is 74.4 cm³/mol. The zero-order chi connectivity index (χ0) is 14.8. The van der Waals surface area contributed by atoms with Gasteiger partial charge in [0.25, 0.3) is 0 Å². The van der Waals surface area contributed by atoms with Crippen molar-refractivity contribution in [2.45, 2.75) is 13.0 Å². The van der Waals surface area contributed by atoms with E-state index in [0.29, 0.717) is 11.9 Å². The zero-order valence-corrected chi connectivity index (χ0v) is 11.5. The quantitative estimate of drug-likeness (QED) is 0.683. The van der Waals surface area contributed by atoms with Crippen LogP contribution in [0, 0.1) is 0 Å². The van der Waals surface area contributed by atoms with Crippen molar-refractivity contribution in [1.82, 2.24) is 39.3 Å². The number of rotatable bonds is 4. The molecule has 10 heteroatoms. The van der Waals surface area contributed by atoms with Gasteiger partial charge in [0.1, 0.15) is 12.7 Å². The van der Waals surface area contributed by atoms with E-state index < -0.39 is 0 Å². The summed E-state index contributed by atoms with van der Waals surface area (Å²) < 4.78 is 3.47. The van der Waals surface area contributed by atoms with Crippen molar-refractivity contribution in [3.05, 3.63) is 30.9 Å². The van der Waals surface area contributed by atoms with Crippen LogP contribution in [0.2, 0.25) is 0 Å². The Kier molecular flexibility index (Phi) is 3.18. The van der Waals surface area contributed by atoms with Gasteiger partial charge in [0.05, 0.1) is 6.04 Å². The molecule has 0 fully saturated rings. The lowest BCUT2D eigenvalue weighted by Crippen LogP contribution is -2.16. The van der Waals surface area contributed by atoms with Crippen molar-refractivity contribution in [3.63, 3.8) is 0 Å². The summed E-state index contributed by atoms with van der Waals surface area (Å²) in [5.74, 6) is 1.65. The van der Waals surface area contributed by atoms with Gasteiger partial charge in [-0.2, -0.15) is 15.0 Å². The van der Waals surface area contributed by atoms with Crippen molar-refractivity contribution in [2.75, 3.05) is 11.1 Å². The SMILES string of the molecule is CC(Nc1nc(N)nc(-n2ccnc2)n1)c1nncn1C. The smallest absolute Gasteiger partial charge is 0.241 e. The van der Waals surface area contributed by atoms with Gasteiger partial charge in [-0.15, -0.1) is 10.2 Å². The fraction of sp³-hybridized carbons (Fsp3) is 0.273. The monoisotopic (exact) mass is 286 g/mol. The molecule has 0 radical (unpaired) electrons. The Morgan fingerprint density at radius 1 is 1.24 bits per heavy atom. The number of imidazole rings is 1. The molecule has 0 saturated heterocycles. The maximum atomic E-state index is 5.72. The minimum Gasteiger partial charge on any atom is -0.368 e. The molecule has 3 aromatic rings. The molecule has 1 atom stereocenters. The third kappa shape index (κ3) is 2.63. The molecule has 3 aromatic heterocycles. The van der Waals surface area contributed by atoms with E-state index in [2.05, 4.69) is 35.5 Å². The van der Waals surface area contributed by atoms with Crippen molar-refractivity contribution in [3.8, 4) is 5.95 Å². The Hall–Kier alpha value is -3.04. The largest absolute Gasteiger partial charge is 0.368 e. The standard InChI is InChI=1S/C11H14N10/c1-7(8-19-14-6-20(8)2)15-10-16-9(12)17-11(18-10)21-4-3-13-5-21/h3-7H,1-2H3,(H3,12,15,16,17,18). The van der Waals surface area contributed by atoms with Gasteiger partial charge in [-0.3, -0.25) is 4.57 Å². The van der Waals surface area contributed by atoms with E-state index in [0.717, 1.165) is 5.82 Å². The van der Waals surface area contributed by atoms with E-state index in [1.165, 1.54) is 0 Å².